The van der Waals surface area contributed by atoms with E-state index in [1.807, 2.05) is 25.2 Å². The molecule has 0 amide bonds. The molecule has 0 atom stereocenters. The van der Waals surface area contributed by atoms with E-state index in [2.05, 4.69) is 28.9 Å². The lowest BCUT2D eigenvalue weighted by molar-refractivity contribution is 0.0168. The van der Waals surface area contributed by atoms with Crippen LogP contribution in [0.3, 0.4) is 0 Å². The quantitative estimate of drug-likeness (QED) is 0.897. The minimum Gasteiger partial charge on any atom is -0.389 e. The van der Waals surface area contributed by atoms with Crippen LogP contribution < -0.4 is 0 Å². The van der Waals surface area contributed by atoms with Gasteiger partial charge in [0.15, 0.2) is 0 Å². The highest BCUT2D eigenvalue weighted by molar-refractivity contribution is 7.11. The van der Waals surface area contributed by atoms with Crippen LogP contribution in [0.2, 0.25) is 0 Å². The number of rotatable bonds is 5. The maximum absolute atomic E-state index is 9.85. The van der Waals surface area contributed by atoms with Crippen LogP contribution in [0, 0.1) is 0 Å². The first kappa shape index (κ1) is 15.0. The average molecular weight is 282 g/mol. The van der Waals surface area contributed by atoms with Gasteiger partial charge in [-0.3, -0.25) is 9.80 Å². The summed E-state index contributed by atoms with van der Waals surface area (Å²) in [6.07, 6.45) is 1.14. The number of nitrogens with zero attached hydrogens (tertiary/aromatic N) is 2. The lowest BCUT2D eigenvalue weighted by Gasteiger charge is -2.37. The zero-order valence-electron chi connectivity index (χ0n) is 12.4. The number of thiophene rings is 1. The predicted octanol–water partition coefficient (Wildman–Crippen LogP) is 2.20. The summed E-state index contributed by atoms with van der Waals surface area (Å²) in [7, 11) is 0. The van der Waals surface area contributed by atoms with Crippen LogP contribution in [0.25, 0.3) is 0 Å². The number of β-amino-alcohol motifs (C(OH)–C–C–N with tert-alkyl or cyclic N) is 1. The Hall–Kier alpha value is -0.420. The second-order valence-corrected chi connectivity index (χ2v) is 7.34. The molecule has 0 aliphatic carbocycles. The van der Waals surface area contributed by atoms with E-state index in [4.69, 9.17) is 0 Å². The van der Waals surface area contributed by atoms with Gasteiger partial charge in [0.2, 0.25) is 0 Å². The van der Waals surface area contributed by atoms with Crippen molar-refractivity contribution in [3.8, 4) is 0 Å². The number of hydrogen-bond donors (Lipinski definition) is 1. The third-order valence-corrected chi connectivity index (χ3v) is 4.73. The Bertz CT molecular complexity index is 389. The fraction of sp³-hybridized carbons (Fsp3) is 0.733. The molecule has 2 rings (SSSR count). The van der Waals surface area contributed by atoms with Crippen LogP contribution >= 0.6 is 11.3 Å². The normalized spacial score (nSPS) is 18.9. The molecule has 1 saturated heterocycles. The van der Waals surface area contributed by atoms with Crippen LogP contribution in [-0.2, 0) is 13.0 Å². The van der Waals surface area contributed by atoms with Crippen LogP contribution in [0.4, 0.5) is 0 Å². The molecule has 1 fully saturated rings. The van der Waals surface area contributed by atoms with E-state index in [0.717, 1.165) is 45.7 Å². The molecule has 0 radical (unpaired) electrons. The van der Waals surface area contributed by atoms with E-state index in [0.29, 0.717) is 0 Å². The molecular weight excluding hydrogens is 256 g/mol. The summed E-state index contributed by atoms with van der Waals surface area (Å²) >= 11 is 1.94. The van der Waals surface area contributed by atoms with Crippen molar-refractivity contribution in [2.75, 3.05) is 32.7 Å². The van der Waals surface area contributed by atoms with Crippen LogP contribution in [0.5, 0.6) is 0 Å². The minimum absolute atomic E-state index is 0.577. The summed E-state index contributed by atoms with van der Waals surface area (Å²) in [5, 5.41) is 9.85. The number of aliphatic hydroxyl groups is 1. The maximum atomic E-state index is 9.85. The smallest absolute Gasteiger partial charge is 0.0718 e. The third kappa shape index (κ3) is 4.88. The van der Waals surface area contributed by atoms with Gasteiger partial charge in [0.1, 0.15) is 0 Å². The van der Waals surface area contributed by atoms with Gasteiger partial charge in [0, 0.05) is 49.0 Å². The summed E-state index contributed by atoms with van der Waals surface area (Å²) in [5.74, 6) is 0. The van der Waals surface area contributed by atoms with Crippen molar-refractivity contribution in [3.63, 3.8) is 0 Å². The van der Waals surface area contributed by atoms with Crippen LogP contribution in [-0.4, -0.2) is 53.2 Å². The van der Waals surface area contributed by atoms with Crippen molar-refractivity contribution < 1.29 is 5.11 Å². The second kappa shape index (κ2) is 6.35. The Morgan fingerprint density at radius 2 is 1.68 bits per heavy atom. The standard InChI is InChI=1S/C15H26N2OS/c1-4-13-5-6-14(19-13)11-16-7-9-17(10-8-16)12-15(2,3)18/h5-6,18H,4,7-12H2,1-3H3. The van der Waals surface area contributed by atoms with E-state index >= 15 is 0 Å². The highest BCUT2D eigenvalue weighted by Gasteiger charge is 2.22. The lowest BCUT2D eigenvalue weighted by Crippen LogP contribution is -2.50. The van der Waals surface area contributed by atoms with Gasteiger partial charge in [-0.05, 0) is 32.4 Å². The molecule has 1 aliphatic rings. The first-order valence-corrected chi connectivity index (χ1v) is 8.02. The van der Waals surface area contributed by atoms with Gasteiger partial charge in [0.25, 0.3) is 0 Å². The van der Waals surface area contributed by atoms with Gasteiger partial charge < -0.3 is 5.11 Å². The Labute approximate surface area is 120 Å². The molecule has 19 heavy (non-hydrogen) atoms. The van der Waals surface area contributed by atoms with E-state index in [1.54, 1.807) is 0 Å². The van der Waals surface area contributed by atoms with Gasteiger partial charge in [-0.2, -0.15) is 0 Å². The maximum Gasteiger partial charge on any atom is 0.0718 e. The molecule has 0 spiro atoms. The third-order valence-electron chi connectivity index (χ3n) is 3.52. The molecule has 1 aliphatic heterocycles. The highest BCUT2D eigenvalue weighted by atomic mass is 32.1. The second-order valence-electron chi connectivity index (χ2n) is 6.09. The topological polar surface area (TPSA) is 26.7 Å². The van der Waals surface area contributed by atoms with Gasteiger partial charge in [-0.25, -0.2) is 0 Å². The average Bonchev–Trinajstić information content (AvgIpc) is 2.77. The summed E-state index contributed by atoms with van der Waals surface area (Å²) < 4.78 is 0. The largest absolute Gasteiger partial charge is 0.389 e. The molecule has 1 N–H and O–H groups in total. The van der Waals surface area contributed by atoms with Crippen molar-refractivity contribution in [2.45, 2.75) is 39.3 Å². The van der Waals surface area contributed by atoms with Crippen molar-refractivity contribution in [1.29, 1.82) is 0 Å². The number of piperazine rings is 1. The molecule has 0 saturated carbocycles. The zero-order valence-corrected chi connectivity index (χ0v) is 13.2. The molecule has 0 bridgehead atoms. The Morgan fingerprint density at radius 1 is 1.11 bits per heavy atom. The minimum atomic E-state index is -0.577. The summed E-state index contributed by atoms with van der Waals surface area (Å²) in [6.45, 7) is 12.2. The van der Waals surface area contributed by atoms with Crippen molar-refractivity contribution in [2.24, 2.45) is 0 Å². The van der Waals surface area contributed by atoms with Crippen molar-refractivity contribution in [1.82, 2.24) is 9.80 Å². The van der Waals surface area contributed by atoms with Gasteiger partial charge >= 0.3 is 0 Å². The van der Waals surface area contributed by atoms with Crippen LogP contribution in [0.1, 0.15) is 30.5 Å². The molecule has 1 aromatic rings. The van der Waals surface area contributed by atoms with Gasteiger partial charge in [0.05, 0.1) is 5.60 Å². The van der Waals surface area contributed by atoms with E-state index < -0.39 is 5.60 Å². The van der Waals surface area contributed by atoms with E-state index in [-0.39, 0.29) is 0 Å². The molecule has 0 unspecified atom stereocenters. The fourth-order valence-electron chi connectivity index (χ4n) is 2.57. The molecule has 3 nitrogen and oxygen atoms in total. The number of hydrogen-bond acceptors (Lipinski definition) is 4. The van der Waals surface area contributed by atoms with Gasteiger partial charge in [-0.1, -0.05) is 6.92 Å². The van der Waals surface area contributed by atoms with Crippen molar-refractivity contribution >= 4 is 11.3 Å². The summed E-state index contributed by atoms with van der Waals surface area (Å²) in [4.78, 5) is 7.85. The Morgan fingerprint density at radius 3 is 2.21 bits per heavy atom. The first-order chi connectivity index (χ1) is 8.96. The Kier molecular flexibility index (Phi) is 5.01. The molecule has 4 heteroatoms. The van der Waals surface area contributed by atoms with E-state index in [9.17, 15) is 5.11 Å². The number of aryl methyl sites for hydroxylation is 1. The fourth-order valence-corrected chi connectivity index (χ4v) is 3.57. The summed E-state index contributed by atoms with van der Waals surface area (Å²) in [5.41, 5.74) is -0.577. The van der Waals surface area contributed by atoms with E-state index in [1.165, 1.54) is 9.75 Å². The Balaban J connectivity index is 1.77. The monoisotopic (exact) mass is 282 g/mol. The van der Waals surface area contributed by atoms with Crippen LogP contribution in [0.15, 0.2) is 12.1 Å². The predicted molar refractivity (Wildman–Crippen MR) is 81.7 cm³/mol. The molecule has 0 aromatic carbocycles. The zero-order chi connectivity index (χ0) is 13.9. The van der Waals surface area contributed by atoms with Gasteiger partial charge in [-0.15, -0.1) is 11.3 Å². The lowest BCUT2D eigenvalue weighted by atomic mass is 10.1. The highest BCUT2D eigenvalue weighted by Crippen LogP contribution is 2.19. The summed E-state index contributed by atoms with van der Waals surface area (Å²) in [6, 6.07) is 4.53. The molecule has 1 aromatic heterocycles. The molecule has 108 valence electrons. The first-order valence-electron chi connectivity index (χ1n) is 7.21. The van der Waals surface area contributed by atoms with Crippen molar-refractivity contribution in [3.05, 3.63) is 21.9 Å². The molecular formula is C15H26N2OS. The SMILES string of the molecule is CCc1ccc(CN2CCN(CC(C)(C)O)CC2)s1. The molecule has 2 heterocycles.